The van der Waals surface area contributed by atoms with Crippen LogP contribution in [0.2, 0.25) is 0 Å². The highest BCUT2D eigenvalue weighted by atomic mass is 19.3. The summed E-state index contributed by atoms with van der Waals surface area (Å²) >= 11 is 0. The molecule has 15 nitrogen and oxygen atoms in total. The van der Waals surface area contributed by atoms with E-state index in [1.807, 2.05) is 0 Å². The molecule has 2 rings (SSSR count). The van der Waals surface area contributed by atoms with Crippen LogP contribution < -0.4 is 10.1 Å². The smallest absolute Gasteiger partial charge is 0.305 e. The van der Waals surface area contributed by atoms with Gasteiger partial charge >= 0.3 is 5.97 Å². The third kappa shape index (κ3) is 16.4. The number of para-hydroxylation sites is 1. The lowest BCUT2D eigenvalue weighted by Gasteiger charge is -2.20. The molecule has 1 aromatic rings. The van der Waals surface area contributed by atoms with E-state index in [4.69, 9.17) is 9.47 Å². The second kappa shape index (κ2) is 20.8. The van der Waals surface area contributed by atoms with Crippen LogP contribution in [0.1, 0.15) is 58.3 Å². The number of allylic oxidation sites excluding steroid dienone is 2. The van der Waals surface area contributed by atoms with Gasteiger partial charge in [-0.3, -0.25) is 9.59 Å². The number of alkyl halides is 2. The third-order valence-electron chi connectivity index (χ3n) is 7.41. The van der Waals surface area contributed by atoms with Crippen molar-refractivity contribution < 1.29 is 57.9 Å². The number of benzene rings is 1. The van der Waals surface area contributed by atoms with Crippen molar-refractivity contribution in [1.29, 1.82) is 0 Å². The first-order valence-corrected chi connectivity index (χ1v) is 15.6. The van der Waals surface area contributed by atoms with Crippen LogP contribution in [0.25, 0.3) is 0 Å². The van der Waals surface area contributed by atoms with E-state index in [9.17, 15) is 48.8 Å². The Morgan fingerprint density at radius 3 is 2.48 bits per heavy atom. The lowest BCUT2D eigenvalue weighted by atomic mass is 9.89. The fourth-order valence-electron chi connectivity index (χ4n) is 5.04. The third-order valence-corrected chi connectivity index (χ3v) is 7.41. The van der Waals surface area contributed by atoms with Crippen molar-refractivity contribution >= 4 is 11.9 Å². The molecule has 1 aliphatic rings. The average molecular weight is 688 g/mol. The zero-order chi connectivity index (χ0) is 35.5. The van der Waals surface area contributed by atoms with Gasteiger partial charge in [0.2, 0.25) is 5.91 Å². The summed E-state index contributed by atoms with van der Waals surface area (Å²) in [5.74, 6) is -4.98. The first kappa shape index (κ1) is 39.8. The molecule has 48 heavy (non-hydrogen) atoms. The van der Waals surface area contributed by atoms with Crippen molar-refractivity contribution in [2.45, 2.75) is 88.6 Å². The summed E-state index contributed by atoms with van der Waals surface area (Å²) in [6.45, 7) is 0.0189. The number of hydrogen-bond acceptors (Lipinski definition) is 12. The quantitative estimate of drug-likeness (QED) is 0.0494. The minimum Gasteiger partial charge on any atom is -0.487 e. The van der Waals surface area contributed by atoms with Gasteiger partial charge in [-0.2, -0.15) is 8.78 Å². The molecule has 6 atom stereocenters. The largest absolute Gasteiger partial charge is 0.487 e. The van der Waals surface area contributed by atoms with Crippen LogP contribution in [0, 0.1) is 32.1 Å². The Hall–Kier alpha value is -4.38. The maximum absolute atomic E-state index is 14.4. The van der Waals surface area contributed by atoms with Crippen LogP contribution in [-0.2, 0) is 24.0 Å². The molecule has 1 fully saturated rings. The maximum Gasteiger partial charge on any atom is 0.305 e. The predicted molar refractivity (Wildman–Crippen MR) is 164 cm³/mol. The van der Waals surface area contributed by atoms with Crippen molar-refractivity contribution in [1.82, 2.24) is 5.32 Å². The number of halogens is 2. The summed E-state index contributed by atoms with van der Waals surface area (Å²) in [5.41, 5.74) is 0. The van der Waals surface area contributed by atoms with Gasteiger partial charge < -0.3 is 34.7 Å². The van der Waals surface area contributed by atoms with Crippen LogP contribution in [0.4, 0.5) is 8.78 Å². The summed E-state index contributed by atoms with van der Waals surface area (Å²) in [6, 6.07) is 7.71. The van der Waals surface area contributed by atoms with E-state index in [0.29, 0.717) is 31.1 Å². The first-order chi connectivity index (χ1) is 22.8. The van der Waals surface area contributed by atoms with E-state index in [2.05, 4.69) is 15.0 Å². The molecular weight excluding hydrogens is 644 g/mol. The number of aliphatic hydroxyl groups excluding tert-OH is 2. The summed E-state index contributed by atoms with van der Waals surface area (Å²) in [7, 11) is 0. The highest BCUT2D eigenvalue weighted by molar-refractivity contribution is 5.76. The Bertz CT molecular complexity index is 1220. The normalized spacial score (nSPS) is 20.7. The van der Waals surface area contributed by atoms with Gasteiger partial charge in [-0.25, -0.2) is 0 Å². The fourth-order valence-corrected chi connectivity index (χ4v) is 5.04. The number of esters is 1. The Kier molecular flexibility index (Phi) is 17.2. The number of aliphatic hydroxyl groups is 2. The molecule has 0 aromatic heterocycles. The molecular formula is C31H43F2N3O12. The van der Waals surface area contributed by atoms with Crippen LogP contribution in [-0.4, -0.2) is 82.4 Å². The molecule has 0 aliphatic heterocycles. The summed E-state index contributed by atoms with van der Waals surface area (Å²) in [6.07, 6.45) is 4.04. The number of carbonyl (C=O) groups excluding carboxylic acids is 2. The molecule has 1 amide bonds. The standard InChI is InChI=1S/C31H43F2N3O12/c1-22(34-29(39)14-9-12-24(48-36(43)44)20-47-35(41)42)19-45-30(40)15-8-3-2-7-13-25-26(28(38)18-27(25)37)16-17-31(32,33)21-46-23-10-5-4-6-11-23/h2,4-7,10-11,16-17,22,24-28,37-38H,3,8-9,12-15,18-21H2,1H3,(H,34,39)/b7-2-,17-16+/t22-,24?,25+,26+,27-,28+/m0/s1. The Labute approximate surface area is 276 Å². The lowest BCUT2D eigenvalue weighted by molar-refractivity contribution is -0.790. The molecule has 268 valence electrons. The van der Waals surface area contributed by atoms with E-state index < -0.39 is 77.4 Å². The minimum absolute atomic E-state index is 0.0365. The van der Waals surface area contributed by atoms with Gasteiger partial charge in [0.1, 0.15) is 25.1 Å². The van der Waals surface area contributed by atoms with Crippen LogP contribution >= 0.6 is 0 Å². The van der Waals surface area contributed by atoms with Gasteiger partial charge in [0.25, 0.3) is 16.1 Å². The number of hydrogen-bond donors (Lipinski definition) is 3. The van der Waals surface area contributed by atoms with E-state index in [0.717, 1.165) is 0 Å². The molecule has 0 radical (unpaired) electrons. The van der Waals surface area contributed by atoms with Crippen LogP contribution in [0.5, 0.6) is 5.75 Å². The van der Waals surface area contributed by atoms with E-state index in [-0.39, 0.29) is 38.7 Å². The lowest BCUT2D eigenvalue weighted by Crippen LogP contribution is -2.36. The Morgan fingerprint density at radius 2 is 1.79 bits per heavy atom. The van der Waals surface area contributed by atoms with Gasteiger partial charge in [0, 0.05) is 25.2 Å². The topological polar surface area (TPSA) is 210 Å². The number of ether oxygens (including phenoxy) is 2. The number of nitrogens with zero attached hydrogens (tertiary/aromatic N) is 2. The molecule has 0 bridgehead atoms. The predicted octanol–water partition coefficient (Wildman–Crippen LogP) is 3.73. The highest BCUT2D eigenvalue weighted by Gasteiger charge is 2.40. The molecule has 3 N–H and O–H groups in total. The number of amides is 1. The second-order valence-corrected chi connectivity index (χ2v) is 11.4. The summed E-state index contributed by atoms with van der Waals surface area (Å²) < 4.78 is 39.1. The van der Waals surface area contributed by atoms with Crippen molar-refractivity contribution in [3.05, 3.63) is 74.9 Å². The van der Waals surface area contributed by atoms with Crippen molar-refractivity contribution in [3.8, 4) is 5.75 Å². The number of unbranched alkanes of at least 4 members (excludes halogenated alkanes) is 1. The molecule has 1 aliphatic carbocycles. The van der Waals surface area contributed by atoms with Crippen molar-refractivity contribution in [2.75, 3.05) is 19.8 Å². The van der Waals surface area contributed by atoms with Gasteiger partial charge in [-0.15, -0.1) is 20.2 Å². The zero-order valence-corrected chi connectivity index (χ0v) is 26.6. The number of carbonyl (C=O) groups is 2. The van der Waals surface area contributed by atoms with E-state index in [1.165, 1.54) is 6.08 Å². The average Bonchev–Trinajstić information content (AvgIpc) is 3.29. The summed E-state index contributed by atoms with van der Waals surface area (Å²) in [5, 5.41) is 42.0. The number of rotatable bonds is 23. The molecule has 0 spiro atoms. The van der Waals surface area contributed by atoms with Crippen LogP contribution in [0.3, 0.4) is 0 Å². The minimum atomic E-state index is -3.27. The zero-order valence-electron chi connectivity index (χ0n) is 26.6. The maximum atomic E-state index is 14.4. The SMILES string of the molecule is C[C@@H](COC(=O)CCC/C=C\C[C@@H]1[C@@H](/C=C/C(F)(F)COc2ccccc2)[C@H](O)C[C@@H]1O)NC(=O)CCCC(CO[N+](=O)[O-])O[N+](=O)[O-]. The molecule has 1 saturated carbocycles. The molecule has 1 aromatic carbocycles. The molecule has 1 unspecified atom stereocenters. The molecule has 17 heteroatoms. The first-order valence-electron chi connectivity index (χ1n) is 15.6. The molecule has 0 heterocycles. The monoisotopic (exact) mass is 687 g/mol. The van der Waals surface area contributed by atoms with Gasteiger partial charge in [-0.1, -0.05) is 36.4 Å². The Balaban J connectivity index is 1.65. The van der Waals surface area contributed by atoms with E-state index >= 15 is 0 Å². The van der Waals surface area contributed by atoms with E-state index in [1.54, 1.807) is 49.4 Å². The van der Waals surface area contributed by atoms with Gasteiger partial charge in [-0.05, 0) is 63.2 Å². The van der Waals surface area contributed by atoms with Gasteiger partial charge in [0.05, 0.1) is 18.2 Å². The second-order valence-electron chi connectivity index (χ2n) is 11.4. The van der Waals surface area contributed by atoms with Crippen molar-refractivity contribution in [3.63, 3.8) is 0 Å². The number of nitrogens with one attached hydrogen (secondary N) is 1. The van der Waals surface area contributed by atoms with Gasteiger partial charge in [0.15, 0.2) is 6.61 Å². The fraction of sp³-hybridized carbons (Fsp3) is 0.613. The Morgan fingerprint density at radius 1 is 1.06 bits per heavy atom. The van der Waals surface area contributed by atoms with Crippen molar-refractivity contribution in [2.24, 2.45) is 11.8 Å². The molecule has 0 saturated heterocycles. The van der Waals surface area contributed by atoms with Crippen LogP contribution in [0.15, 0.2) is 54.6 Å². The highest BCUT2D eigenvalue weighted by Crippen LogP contribution is 2.37. The summed E-state index contributed by atoms with van der Waals surface area (Å²) in [4.78, 5) is 53.4.